The SMILES string of the molecule is C=C(CC)CSc1nc(C)c(CC(=O)O)s1. The molecule has 5 heteroatoms. The Hall–Kier alpha value is -0.810. The van der Waals surface area contributed by atoms with Gasteiger partial charge in [-0.3, -0.25) is 4.79 Å². The molecule has 1 heterocycles. The van der Waals surface area contributed by atoms with E-state index in [4.69, 9.17) is 5.11 Å². The molecule has 0 atom stereocenters. The van der Waals surface area contributed by atoms with Gasteiger partial charge in [-0.05, 0) is 13.3 Å². The number of thiazole rings is 1. The molecule has 0 unspecified atom stereocenters. The summed E-state index contributed by atoms with van der Waals surface area (Å²) in [7, 11) is 0. The molecule has 3 nitrogen and oxygen atoms in total. The highest BCUT2D eigenvalue weighted by Gasteiger charge is 2.11. The van der Waals surface area contributed by atoms with Crippen molar-refractivity contribution < 1.29 is 9.90 Å². The van der Waals surface area contributed by atoms with Gasteiger partial charge in [-0.25, -0.2) is 4.98 Å². The normalized spacial score (nSPS) is 10.4. The fourth-order valence-corrected chi connectivity index (χ4v) is 3.26. The summed E-state index contributed by atoms with van der Waals surface area (Å²) in [4.78, 5) is 15.8. The third kappa shape index (κ3) is 3.98. The van der Waals surface area contributed by atoms with E-state index in [-0.39, 0.29) is 6.42 Å². The number of aryl methyl sites for hydroxylation is 1. The van der Waals surface area contributed by atoms with E-state index in [1.165, 1.54) is 16.9 Å². The second kappa shape index (κ2) is 6.06. The van der Waals surface area contributed by atoms with Crippen LogP contribution in [0.25, 0.3) is 0 Å². The lowest BCUT2D eigenvalue weighted by Gasteiger charge is -1.97. The Kier molecular flexibility index (Phi) is 5.02. The molecular weight excluding hydrogens is 242 g/mol. The summed E-state index contributed by atoms with van der Waals surface area (Å²) in [6.45, 7) is 7.86. The van der Waals surface area contributed by atoms with Gasteiger partial charge in [0.05, 0.1) is 12.1 Å². The number of rotatable bonds is 6. The van der Waals surface area contributed by atoms with E-state index < -0.39 is 5.97 Å². The van der Waals surface area contributed by atoms with Crippen molar-refractivity contribution in [2.75, 3.05) is 5.75 Å². The lowest BCUT2D eigenvalue weighted by Crippen LogP contribution is -1.99. The molecular formula is C11H15NO2S2. The Labute approximate surface area is 104 Å². The van der Waals surface area contributed by atoms with E-state index in [0.717, 1.165) is 27.1 Å². The van der Waals surface area contributed by atoms with Crippen LogP contribution < -0.4 is 0 Å². The minimum Gasteiger partial charge on any atom is -0.481 e. The van der Waals surface area contributed by atoms with Crippen molar-refractivity contribution in [3.05, 3.63) is 22.7 Å². The van der Waals surface area contributed by atoms with E-state index in [1.54, 1.807) is 11.8 Å². The minimum absolute atomic E-state index is 0.0682. The lowest BCUT2D eigenvalue weighted by molar-refractivity contribution is -0.136. The maximum absolute atomic E-state index is 10.6. The van der Waals surface area contributed by atoms with Gasteiger partial charge in [0.15, 0.2) is 4.34 Å². The third-order valence-electron chi connectivity index (χ3n) is 2.08. The van der Waals surface area contributed by atoms with Crippen LogP contribution in [-0.2, 0) is 11.2 Å². The van der Waals surface area contributed by atoms with Crippen LogP contribution in [0.3, 0.4) is 0 Å². The first-order chi connectivity index (χ1) is 7.52. The van der Waals surface area contributed by atoms with Crippen LogP contribution in [0.2, 0.25) is 0 Å². The minimum atomic E-state index is -0.804. The first kappa shape index (κ1) is 13.3. The average Bonchev–Trinajstić information content (AvgIpc) is 2.55. The molecule has 0 aromatic carbocycles. The van der Waals surface area contributed by atoms with Crippen molar-refractivity contribution in [3.63, 3.8) is 0 Å². The molecule has 0 saturated heterocycles. The summed E-state index contributed by atoms with van der Waals surface area (Å²) in [5, 5.41) is 8.71. The van der Waals surface area contributed by atoms with Crippen LogP contribution in [0.15, 0.2) is 16.5 Å². The van der Waals surface area contributed by atoms with Crippen LogP contribution >= 0.6 is 23.1 Å². The molecule has 0 spiro atoms. The zero-order valence-electron chi connectivity index (χ0n) is 9.45. The number of carboxylic acids is 1. The van der Waals surface area contributed by atoms with Crippen molar-refractivity contribution in [2.24, 2.45) is 0 Å². The van der Waals surface area contributed by atoms with Crippen LogP contribution in [0.4, 0.5) is 0 Å². The van der Waals surface area contributed by atoms with Gasteiger partial charge in [-0.2, -0.15) is 0 Å². The van der Waals surface area contributed by atoms with Gasteiger partial charge in [-0.15, -0.1) is 11.3 Å². The Morgan fingerprint density at radius 3 is 2.88 bits per heavy atom. The highest BCUT2D eigenvalue weighted by molar-refractivity contribution is 8.01. The maximum atomic E-state index is 10.6. The van der Waals surface area contributed by atoms with Crippen LogP contribution in [0, 0.1) is 6.92 Å². The Balaban J connectivity index is 2.62. The first-order valence-electron chi connectivity index (χ1n) is 5.00. The van der Waals surface area contributed by atoms with Gasteiger partial charge in [0.25, 0.3) is 0 Å². The summed E-state index contributed by atoms with van der Waals surface area (Å²) >= 11 is 3.10. The highest BCUT2D eigenvalue weighted by atomic mass is 32.2. The summed E-state index contributed by atoms with van der Waals surface area (Å²) in [6, 6.07) is 0. The monoisotopic (exact) mass is 257 g/mol. The standard InChI is InChI=1S/C11H15NO2S2/c1-4-7(2)6-15-11-12-8(3)9(16-11)5-10(13)14/h2,4-6H2,1,3H3,(H,13,14). The Bertz CT molecular complexity index is 399. The van der Waals surface area contributed by atoms with E-state index in [1.807, 2.05) is 6.92 Å². The van der Waals surface area contributed by atoms with Crippen molar-refractivity contribution in [1.29, 1.82) is 0 Å². The second-order valence-corrected chi connectivity index (χ2v) is 5.76. The zero-order chi connectivity index (χ0) is 12.1. The number of carbonyl (C=O) groups is 1. The van der Waals surface area contributed by atoms with Gasteiger partial charge >= 0.3 is 5.97 Å². The second-order valence-electron chi connectivity index (χ2n) is 3.45. The zero-order valence-corrected chi connectivity index (χ0v) is 11.1. The fourth-order valence-electron chi connectivity index (χ4n) is 1.03. The van der Waals surface area contributed by atoms with Gasteiger partial charge in [0, 0.05) is 10.6 Å². The first-order valence-corrected chi connectivity index (χ1v) is 6.80. The third-order valence-corrected chi connectivity index (χ3v) is 4.53. The highest BCUT2D eigenvalue weighted by Crippen LogP contribution is 2.28. The van der Waals surface area contributed by atoms with Crippen molar-refractivity contribution in [3.8, 4) is 0 Å². The van der Waals surface area contributed by atoms with Crippen molar-refractivity contribution >= 4 is 29.1 Å². The summed E-state index contributed by atoms with van der Waals surface area (Å²) in [5.41, 5.74) is 2.01. The smallest absolute Gasteiger partial charge is 0.308 e. The fraction of sp³-hybridized carbons (Fsp3) is 0.455. The average molecular weight is 257 g/mol. The largest absolute Gasteiger partial charge is 0.481 e. The molecule has 1 rings (SSSR count). The molecule has 0 aliphatic rings. The Morgan fingerprint density at radius 2 is 2.31 bits per heavy atom. The number of aromatic nitrogens is 1. The number of hydrogen-bond acceptors (Lipinski definition) is 4. The molecule has 0 amide bonds. The maximum Gasteiger partial charge on any atom is 0.308 e. The van der Waals surface area contributed by atoms with Gasteiger partial charge in [-0.1, -0.05) is 30.8 Å². The molecule has 0 saturated carbocycles. The van der Waals surface area contributed by atoms with Crippen LogP contribution in [-0.4, -0.2) is 21.8 Å². The molecule has 88 valence electrons. The molecule has 16 heavy (non-hydrogen) atoms. The topological polar surface area (TPSA) is 50.2 Å². The summed E-state index contributed by atoms with van der Waals surface area (Å²) in [5.74, 6) is 0.0527. The van der Waals surface area contributed by atoms with Crippen molar-refractivity contribution in [1.82, 2.24) is 4.98 Å². The number of aliphatic carboxylic acids is 1. The van der Waals surface area contributed by atoms with Crippen LogP contribution in [0.1, 0.15) is 23.9 Å². The van der Waals surface area contributed by atoms with Crippen molar-refractivity contribution in [2.45, 2.75) is 31.0 Å². The molecule has 0 fully saturated rings. The van der Waals surface area contributed by atoms with Gasteiger partial charge in [0.1, 0.15) is 0 Å². The predicted molar refractivity (Wildman–Crippen MR) is 68.3 cm³/mol. The molecule has 0 radical (unpaired) electrons. The molecule has 0 aliphatic heterocycles. The van der Waals surface area contributed by atoms with E-state index in [9.17, 15) is 4.79 Å². The number of thioether (sulfide) groups is 1. The number of hydrogen-bond donors (Lipinski definition) is 1. The Morgan fingerprint density at radius 1 is 1.62 bits per heavy atom. The molecule has 1 aromatic heterocycles. The molecule has 0 bridgehead atoms. The summed E-state index contributed by atoms with van der Waals surface area (Å²) < 4.78 is 0.934. The van der Waals surface area contributed by atoms with Crippen LogP contribution in [0.5, 0.6) is 0 Å². The number of nitrogens with zero attached hydrogens (tertiary/aromatic N) is 1. The lowest BCUT2D eigenvalue weighted by atomic mass is 10.3. The van der Waals surface area contributed by atoms with Gasteiger partial charge < -0.3 is 5.11 Å². The number of carboxylic acid groups (broad SMARTS) is 1. The van der Waals surface area contributed by atoms with Gasteiger partial charge in [0.2, 0.25) is 0 Å². The molecule has 1 aromatic rings. The molecule has 0 aliphatic carbocycles. The van der Waals surface area contributed by atoms with E-state index >= 15 is 0 Å². The quantitative estimate of drug-likeness (QED) is 0.628. The molecule has 1 N–H and O–H groups in total. The van der Waals surface area contributed by atoms with E-state index in [0.29, 0.717) is 0 Å². The summed E-state index contributed by atoms with van der Waals surface area (Å²) in [6.07, 6.45) is 1.04. The van der Waals surface area contributed by atoms with E-state index in [2.05, 4.69) is 18.5 Å². The predicted octanol–water partition coefficient (Wildman–Crippen LogP) is 3.14.